The fourth-order valence-electron chi connectivity index (χ4n) is 2.05. The minimum Gasteiger partial charge on any atom is -0.372 e. The van der Waals surface area contributed by atoms with E-state index in [0.717, 1.165) is 25.2 Å². The Morgan fingerprint density at radius 3 is 2.21 bits per heavy atom. The van der Waals surface area contributed by atoms with Gasteiger partial charge in [-0.1, -0.05) is 6.92 Å². The van der Waals surface area contributed by atoms with E-state index >= 15 is 0 Å². The summed E-state index contributed by atoms with van der Waals surface area (Å²) in [5, 5.41) is 2.91. The number of nitrogens with two attached hydrogens (primary N) is 1. The first-order valence-corrected chi connectivity index (χ1v) is 7.02. The van der Waals surface area contributed by atoms with E-state index < -0.39 is 0 Å². The Labute approximate surface area is 116 Å². The van der Waals surface area contributed by atoms with Gasteiger partial charge in [-0.25, -0.2) is 0 Å². The van der Waals surface area contributed by atoms with Crippen molar-refractivity contribution in [2.45, 2.75) is 27.2 Å². The average Bonchev–Trinajstić information content (AvgIpc) is 2.43. The number of anilines is 2. The minimum atomic E-state index is -0.109. The van der Waals surface area contributed by atoms with Crippen molar-refractivity contribution in [3.05, 3.63) is 24.3 Å². The molecule has 0 aliphatic heterocycles. The second-order valence-corrected chi connectivity index (χ2v) is 4.55. The number of hydrogen-bond donors (Lipinski definition) is 2. The van der Waals surface area contributed by atoms with Crippen LogP contribution < -0.4 is 16.0 Å². The van der Waals surface area contributed by atoms with E-state index in [1.165, 1.54) is 5.69 Å². The van der Waals surface area contributed by atoms with E-state index in [4.69, 9.17) is 5.73 Å². The molecule has 0 spiro atoms. The zero-order valence-electron chi connectivity index (χ0n) is 12.1. The lowest BCUT2D eigenvalue weighted by molar-refractivity contribution is -0.119. The molecule has 0 aromatic heterocycles. The summed E-state index contributed by atoms with van der Waals surface area (Å²) >= 11 is 0. The molecule has 4 nitrogen and oxygen atoms in total. The van der Waals surface area contributed by atoms with Gasteiger partial charge in [-0.05, 0) is 44.5 Å². The molecule has 0 heterocycles. The normalized spacial score (nSPS) is 12.0. The van der Waals surface area contributed by atoms with Crippen molar-refractivity contribution in [1.29, 1.82) is 0 Å². The highest BCUT2D eigenvalue weighted by molar-refractivity contribution is 5.92. The Morgan fingerprint density at radius 2 is 1.79 bits per heavy atom. The first kappa shape index (κ1) is 15.5. The summed E-state index contributed by atoms with van der Waals surface area (Å²) in [6.07, 6.45) is 0.764. The largest absolute Gasteiger partial charge is 0.372 e. The molecule has 0 aliphatic carbocycles. The van der Waals surface area contributed by atoms with E-state index in [0.29, 0.717) is 6.54 Å². The van der Waals surface area contributed by atoms with Crippen LogP contribution in [0.1, 0.15) is 27.2 Å². The fraction of sp³-hybridized carbons (Fsp3) is 0.533. The second-order valence-electron chi connectivity index (χ2n) is 4.55. The zero-order chi connectivity index (χ0) is 14.3. The summed E-state index contributed by atoms with van der Waals surface area (Å²) in [4.78, 5) is 14.2. The van der Waals surface area contributed by atoms with Crippen LogP contribution in [0.25, 0.3) is 0 Å². The number of carbonyl (C=O) groups excluding carboxylic acids is 1. The summed E-state index contributed by atoms with van der Waals surface area (Å²) in [5.41, 5.74) is 7.57. The summed E-state index contributed by atoms with van der Waals surface area (Å²) in [7, 11) is 0. The molecule has 0 aliphatic rings. The first-order valence-electron chi connectivity index (χ1n) is 7.02. The summed E-state index contributed by atoms with van der Waals surface area (Å²) in [6.45, 7) is 8.58. The van der Waals surface area contributed by atoms with E-state index in [1.54, 1.807) is 0 Å². The van der Waals surface area contributed by atoms with E-state index in [-0.39, 0.29) is 11.8 Å². The number of carbonyl (C=O) groups is 1. The molecule has 4 heteroatoms. The topological polar surface area (TPSA) is 58.4 Å². The Kier molecular flexibility index (Phi) is 6.36. The smallest absolute Gasteiger partial charge is 0.228 e. The molecule has 0 saturated heterocycles. The molecule has 1 atom stereocenters. The standard InChI is InChI=1S/C15H25N3O/c1-4-12(11-16)15(19)17-13-7-9-14(10-8-13)18(5-2)6-3/h7-10,12H,4-6,11,16H2,1-3H3,(H,17,19). The molecule has 0 saturated carbocycles. The number of nitrogens with one attached hydrogen (secondary N) is 1. The lowest BCUT2D eigenvalue weighted by Crippen LogP contribution is -2.28. The maximum Gasteiger partial charge on any atom is 0.228 e. The Hall–Kier alpha value is -1.55. The van der Waals surface area contributed by atoms with Crippen molar-refractivity contribution in [3.8, 4) is 0 Å². The molecule has 1 unspecified atom stereocenters. The molecule has 0 fully saturated rings. The Balaban J connectivity index is 2.69. The lowest BCUT2D eigenvalue weighted by atomic mass is 10.1. The quantitative estimate of drug-likeness (QED) is 0.794. The molecule has 1 aromatic rings. The SMILES string of the molecule is CCC(CN)C(=O)Nc1ccc(N(CC)CC)cc1. The third-order valence-electron chi connectivity index (χ3n) is 3.41. The number of rotatable bonds is 7. The predicted octanol–water partition coefficient (Wildman–Crippen LogP) is 2.46. The van der Waals surface area contributed by atoms with Crippen LogP contribution in [0.4, 0.5) is 11.4 Å². The van der Waals surface area contributed by atoms with Crippen molar-refractivity contribution in [2.24, 2.45) is 11.7 Å². The van der Waals surface area contributed by atoms with Gasteiger partial charge >= 0.3 is 0 Å². The van der Waals surface area contributed by atoms with Crippen LogP contribution in [-0.2, 0) is 4.79 Å². The summed E-state index contributed by atoms with van der Waals surface area (Å²) < 4.78 is 0. The van der Waals surface area contributed by atoms with Gasteiger partial charge in [0.05, 0.1) is 5.92 Å². The summed E-state index contributed by atoms with van der Waals surface area (Å²) in [5.74, 6) is -0.108. The molecule has 3 N–H and O–H groups in total. The molecule has 1 rings (SSSR count). The van der Waals surface area contributed by atoms with E-state index in [2.05, 4.69) is 24.1 Å². The van der Waals surface area contributed by atoms with Crippen LogP contribution in [0.3, 0.4) is 0 Å². The van der Waals surface area contributed by atoms with Crippen molar-refractivity contribution >= 4 is 17.3 Å². The van der Waals surface area contributed by atoms with Crippen molar-refractivity contribution in [3.63, 3.8) is 0 Å². The number of amides is 1. The van der Waals surface area contributed by atoms with Gasteiger partial charge in [-0.3, -0.25) is 4.79 Å². The Morgan fingerprint density at radius 1 is 1.21 bits per heavy atom. The predicted molar refractivity (Wildman–Crippen MR) is 81.5 cm³/mol. The van der Waals surface area contributed by atoms with Gasteiger partial charge in [0.2, 0.25) is 5.91 Å². The van der Waals surface area contributed by atoms with Gasteiger partial charge in [0.15, 0.2) is 0 Å². The molecule has 1 aromatic carbocycles. The highest BCUT2D eigenvalue weighted by Crippen LogP contribution is 2.18. The minimum absolute atomic E-state index is 0.000546. The van der Waals surface area contributed by atoms with Crippen LogP contribution in [0.2, 0.25) is 0 Å². The Bertz CT molecular complexity index is 381. The van der Waals surface area contributed by atoms with Gasteiger partial charge in [0.1, 0.15) is 0 Å². The number of nitrogens with zero attached hydrogens (tertiary/aromatic N) is 1. The van der Waals surface area contributed by atoms with Crippen LogP contribution >= 0.6 is 0 Å². The third kappa shape index (κ3) is 4.24. The maximum absolute atomic E-state index is 11.9. The first-order chi connectivity index (χ1) is 9.15. The van der Waals surface area contributed by atoms with Crippen LogP contribution in [0.15, 0.2) is 24.3 Å². The highest BCUT2D eigenvalue weighted by Gasteiger charge is 2.14. The molecule has 106 valence electrons. The maximum atomic E-state index is 11.9. The van der Waals surface area contributed by atoms with Gasteiger partial charge in [-0.2, -0.15) is 0 Å². The molecule has 19 heavy (non-hydrogen) atoms. The van der Waals surface area contributed by atoms with Gasteiger partial charge < -0.3 is 16.0 Å². The summed E-state index contributed by atoms with van der Waals surface area (Å²) in [6, 6.07) is 7.95. The third-order valence-corrected chi connectivity index (χ3v) is 3.41. The second kappa shape index (κ2) is 7.79. The van der Waals surface area contributed by atoms with E-state index in [1.807, 2.05) is 31.2 Å². The van der Waals surface area contributed by atoms with Crippen molar-refractivity contribution < 1.29 is 4.79 Å². The van der Waals surface area contributed by atoms with Crippen LogP contribution in [0, 0.1) is 5.92 Å². The van der Waals surface area contributed by atoms with Crippen molar-refractivity contribution in [2.75, 3.05) is 29.9 Å². The van der Waals surface area contributed by atoms with Gasteiger partial charge in [0, 0.05) is 31.0 Å². The lowest BCUT2D eigenvalue weighted by Gasteiger charge is -2.21. The average molecular weight is 263 g/mol. The van der Waals surface area contributed by atoms with Gasteiger partial charge in [0.25, 0.3) is 0 Å². The molecular formula is C15H25N3O. The van der Waals surface area contributed by atoms with E-state index in [9.17, 15) is 4.79 Å². The van der Waals surface area contributed by atoms with Crippen molar-refractivity contribution in [1.82, 2.24) is 0 Å². The fourth-order valence-corrected chi connectivity index (χ4v) is 2.05. The number of hydrogen-bond acceptors (Lipinski definition) is 3. The van der Waals surface area contributed by atoms with Crippen LogP contribution in [0.5, 0.6) is 0 Å². The monoisotopic (exact) mass is 263 g/mol. The number of benzene rings is 1. The highest BCUT2D eigenvalue weighted by atomic mass is 16.1. The van der Waals surface area contributed by atoms with Gasteiger partial charge in [-0.15, -0.1) is 0 Å². The zero-order valence-corrected chi connectivity index (χ0v) is 12.1. The molecule has 1 amide bonds. The van der Waals surface area contributed by atoms with Crippen LogP contribution in [-0.4, -0.2) is 25.5 Å². The molecule has 0 bridgehead atoms. The molecular weight excluding hydrogens is 238 g/mol. The molecule has 0 radical (unpaired) electrons.